The summed E-state index contributed by atoms with van der Waals surface area (Å²) in [4.78, 5) is 33.1. The van der Waals surface area contributed by atoms with E-state index in [1.807, 2.05) is 18.2 Å². The van der Waals surface area contributed by atoms with Crippen molar-refractivity contribution >= 4 is 18.1 Å². The van der Waals surface area contributed by atoms with E-state index in [1.165, 1.54) is 0 Å². The molecule has 0 spiro atoms. The van der Waals surface area contributed by atoms with Gasteiger partial charge >= 0.3 is 18.1 Å². The van der Waals surface area contributed by atoms with E-state index in [1.54, 1.807) is 12.1 Å². The van der Waals surface area contributed by atoms with Crippen molar-refractivity contribution in [1.29, 1.82) is 0 Å². The number of primary amides is 1. The lowest BCUT2D eigenvalue weighted by Gasteiger charge is -2.14. The topological polar surface area (TPSA) is 131 Å². The zero-order chi connectivity index (χ0) is 16.4. The molecule has 0 aliphatic rings. The van der Waals surface area contributed by atoms with Gasteiger partial charge in [-0.2, -0.15) is 0 Å². The number of carbonyl (C=O) groups is 3. The average Bonchev–Trinajstić information content (AvgIpc) is 2.48. The molecular formula is C14H19N3O5. The van der Waals surface area contributed by atoms with Crippen molar-refractivity contribution in [3.63, 3.8) is 0 Å². The van der Waals surface area contributed by atoms with Crippen LogP contribution in [0.25, 0.3) is 0 Å². The summed E-state index contributed by atoms with van der Waals surface area (Å²) in [7, 11) is 0. The molecule has 0 fully saturated rings. The summed E-state index contributed by atoms with van der Waals surface area (Å²) in [6, 6.07) is 7.27. The molecule has 0 radical (unpaired) electrons. The maximum absolute atomic E-state index is 11.6. The second-order valence-corrected chi connectivity index (χ2v) is 4.53. The van der Waals surface area contributed by atoms with Crippen molar-refractivity contribution in [2.24, 2.45) is 5.73 Å². The van der Waals surface area contributed by atoms with Crippen LogP contribution in [0.15, 0.2) is 30.3 Å². The number of amides is 3. The van der Waals surface area contributed by atoms with E-state index in [0.717, 1.165) is 5.56 Å². The van der Waals surface area contributed by atoms with Crippen molar-refractivity contribution in [2.45, 2.75) is 25.5 Å². The number of hydrogen-bond donors (Lipinski definition) is 4. The number of nitrogens with one attached hydrogen (secondary N) is 2. The molecule has 0 aromatic heterocycles. The summed E-state index contributed by atoms with van der Waals surface area (Å²) in [5.74, 6) is -1.17. The third kappa shape index (κ3) is 7.13. The van der Waals surface area contributed by atoms with Crippen LogP contribution in [0.1, 0.15) is 18.4 Å². The number of carboxylic acid groups (broad SMARTS) is 1. The van der Waals surface area contributed by atoms with Crippen LogP contribution in [0.2, 0.25) is 0 Å². The lowest BCUT2D eigenvalue weighted by Crippen LogP contribution is -2.41. The molecule has 0 bridgehead atoms. The number of hydrogen-bond acceptors (Lipinski definition) is 4. The van der Waals surface area contributed by atoms with Gasteiger partial charge in [0.1, 0.15) is 12.6 Å². The van der Waals surface area contributed by atoms with E-state index in [2.05, 4.69) is 10.6 Å². The molecule has 1 aromatic rings. The first-order valence-electron chi connectivity index (χ1n) is 6.72. The Balaban J connectivity index is 2.34. The highest BCUT2D eigenvalue weighted by molar-refractivity contribution is 5.79. The van der Waals surface area contributed by atoms with Gasteiger partial charge in [-0.3, -0.25) is 0 Å². The molecule has 1 aromatic carbocycles. The molecule has 8 nitrogen and oxygen atoms in total. The molecule has 120 valence electrons. The second kappa shape index (κ2) is 9.22. The van der Waals surface area contributed by atoms with Gasteiger partial charge in [-0.25, -0.2) is 14.4 Å². The van der Waals surface area contributed by atoms with Crippen molar-refractivity contribution in [1.82, 2.24) is 10.6 Å². The zero-order valence-corrected chi connectivity index (χ0v) is 12.0. The maximum Gasteiger partial charge on any atom is 0.408 e. The van der Waals surface area contributed by atoms with E-state index in [-0.39, 0.29) is 19.6 Å². The first kappa shape index (κ1) is 17.3. The molecule has 0 saturated heterocycles. The standard InChI is InChI=1S/C14H19N3O5/c15-13(20)16-8-4-7-11(12(18)19)17-14(21)22-9-10-5-2-1-3-6-10/h1-3,5-6,11H,4,7-9H2,(H,17,21)(H,18,19)(H3,15,16,20)/t11-/m1/s1. The van der Waals surface area contributed by atoms with E-state index in [0.29, 0.717) is 6.42 Å². The van der Waals surface area contributed by atoms with Crippen molar-refractivity contribution in [2.75, 3.05) is 6.54 Å². The van der Waals surface area contributed by atoms with Crippen LogP contribution < -0.4 is 16.4 Å². The highest BCUT2D eigenvalue weighted by atomic mass is 16.5. The predicted molar refractivity (Wildman–Crippen MR) is 78.0 cm³/mol. The van der Waals surface area contributed by atoms with Crippen LogP contribution in [0, 0.1) is 0 Å². The monoisotopic (exact) mass is 309 g/mol. The molecular weight excluding hydrogens is 290 g/mol. The summed E-state index contributed by atoms with van der Waals surface area (Å²) < 4.78 is 4.95. The molecule has 0 aliphatic heterocycles. The van der Waals surface area contributed by atoms with Crippen LogP contribution in [0.5, 0.6) is 0 Å². The average molecular weight is 309 g/mol. The maximum atomic E-state index is 11.6. The Morgan fingerprint density at radius 3 is 2.50 bits per heavy atom. The Labute approximate surface area is 127 Å². The first-order valence-corrected chi connectivity index (χ1v) is 6.72. The molecule has 1 atom stereocenters. The third-order valence-corrected chi connectivity index (χ3v) is 2.77. The van der Waals surface area contributed by atoms with E-state index < -0.39 is 24.1 Å². The minimum atomic E-state index is -1.17. The van der Waals surface area contributed by atoms with Crippen LogP contribution in [-0.2, 0) is 16.1 Å². The number of benzene rings is 1. The lowest BCUT2D eigenvalue weighted by atomic mass is 10.1. The normalized spacial score (nSPS) is 11.3. The highest BCUT2D eigenvalue weighted by Crippen LogP contribution is 2.02. The van der Waals surface area contributed by atoms with Crippen LogP contribution in [0.4, 0.5) is 9.59 Å². The lowest BCUT2D eigenvalue weighted by molar-refractivity contribution is -0.139. The Kier molecular flexibility index (Phi) is 7.24. The van der Waals surface area contributed by atoms with Gasteiger partial charge < -0.3 is 26.2 Å². The second-order valence-electron chi connectivity index (χ2n) is 4.53. The summed E-state index contributed by atoms with van der Waals surface area (Å²) in [5.41, 5.74) is 5.69. The molecule has 8 heteroatoms. The van der Waals surface area contributed by atoms with Gasteiger partial charge in [0, 0.05) is 6.54 Å². The van der Waals surface area contributed by atoms with Gasteiger partial charge in [0.15, 0.2) is 0 Å². The first-order chi connectivity index (χ1) is 10.5. The number of urea groups is 1. The van der Waals surface area contributed by atoms with E-state index >= 15 is 0 Å². The van der Waals surface area contributed by atoms with Crippen LogP contribution in [0.3, 0.4) is 0 Å². The Hall–Kier alpha value is -2.77. The van der Waals surface area contributed by atoms with Crippen molar-refractivity contribution in [3.8, 4) is 0 Å². The molecule has 22 heavy (non-hydrogen) atoms. The number of rotatable bonds is 8. The Morgan fingerprint density at radius 1 is 1.23 bits per heavy atom. The van der Waals surface area contributed by atoms with Gasteiger partial charge in [0.25, 0.3) is 0 Å². The number of ether oxygens (including phenoxy) is 1. The van der Waals surface area contributed by atoms with Gasteiger partial charge in [-0.05, 0) is 18.4 Å². The minimum Gasteiger partial charge on any atom is -0.480 e. The van der Waals surface area contributed by atoms with Crippen LogP contribution in [-0.4, -0.2) is 35.8 Å². The number of alkyl carbamates (subject to hydrolysis) is 1. The van der Waals surface area contributed by atoms with Crippen molar-refractivity contribution in [3.05, 3.63) is 35.9 Å². The molecule has 0 heterocycles. The van der Waals surface area contributed by atoms with Gasteiger partial charge in [-0.1, -0.05) is 30.3 Å². The molecule has 3 amide bonds. The number of carboxylic acids is 1. The largest absolute Gasteiger partial charge is 0.480 e. The summed E-state index contributed by atoms with van der Waals surface area (Å²) in [6.45, 7) is 0.294. The van der Waals surface area contributed by atoms with Crippen molar-refractivity contribution < 1.29 is 24.2 Å². The van der Waals surface area contributed by atoms with Gasteiger partial charge in [0.05, 0.1) is 0 Å². The van der Waals surface area contributed by atoms with Gasteiger partial charge in [0.2, 0.25) is 0 Å². The quantitative estimate of drug-likeness (QED) is 0.528. The number of carbonyl (C=O) groups excluding carboxylic acids is 2. The smallest absolute Gasteiger partial charge is 0.408 e. The predicted octanol–water partition coefficient (Wildman–Crippen LogP) is 0.814. The molecule has 1 rings (SSSR count). The summed E-state index contributed by atoms with van der Waals surface area (Å²) in [5, 5.41) is 13.6. The van der Waals surface area contributed by atoms with E-state index in [9.17, 15) is 14.4 Å². The fourth-order valence-corrected chi connectivity index (χ4v) is 1.68. The van der Waals surface area contributed by atoms with Gasteiger partial charge in [-0.15, -0.1) is 0 Å². The fourth-order valence-electron chi connectivity index (χ4n) is 1.68. The summed E-state index contributed by atoms with van der Waals surface area (Å²) >= 11 is 0. The van der Waals surface area contributed by atoms with E-state index in [4.69, 9.17) is 15.6 Å². The number of aliphatic carboxylic acids is 1. The Bertz CT molecular complexity index is 506. The third-order valence-electron chi connectivity index (χ3n) is 2.77. The summed E-state index contributed by atoms with van der Waals surface area (Å²) in [6.07, 6.45) is -0.298. The highest BCUT2D eigenvalue weighted by Gasteiger charge is 2.20. The molecule has 0 aliphatic carbocycles. The molecule has 5 N–H and O–H groups in total. The van der Waals surface area contributed by atoms with Crippen LogP contribution >= 0.6 is 0 Å². The molecule has 0 unspecified atom stereocenters. The zero-order valence-electron chi connectivity index (χ0n) is 12.0. The SMILES string of the molecule is NC(=O)NCCC[C@@H](NC(=O)OCc1ccccc1)C(=O)O. The fraction of sp³-hybridized carbons (Fsp3) is 0.357. The number of nitrogens with two attached hydrogens (primary N) is 1. The Morgan fingerprint density at radius 2 is 1.91 bits per heavy atom. The minimum absolute atomic E-state index is 0.0578. The molecule has 0 saturated carbocycles.